The second kappa shape index (κ2) is 12.8. The molecule has 1 saturated heterocycles. The van der Waals surface area contributed by atoms with E-state index in [-0.39, 0.29) is 34.4 Å². The molecule has 1 aromatic carbocycles. The number of hydrogen-bond donors (Lipinski definition) is 4. The second-order valence-electron chi connectivity index (χ2n) is 10.9. The minimum absolute atomic E-state index is 0.0123. The lowest BCUT2D eigenvalue weighted by molar-refractivity contribution is -0.123. The molecule has 0 bridgehead atoms. The van der Waals surface area contributed by atoms with Crippen molar-refractivity contribution in [2.24, 2.45) is 11.1 Å². The largest absolute Gasteiger partial charge is 0.495 e. The normalized spacial score (nSPS) is 15.9. The number of aromatic nitrogens is 1. The van der Waals surface area contributed by atoms with Gasteiger partial charge in [-0.05, 0) is 80.1 Å². The standard InChI is InChI=1S/C29H39FN6O3/c1-18(29(2,3)4)33-26(37)17-36-14-11-19(12-15-36)20-6-8-23(25(16-20)39-5)35-28(38)24-9-7-21(30)27(34-24)22(32)10-13-31/h6-10,13,16,18-19,31H,11-12,14-15,17,32H2,1-5H3,(H,33,37)(H,35,38)/b22-10-,31-13?. The van der Waals surface area contributed by atoms with Crippen LogP contribution in [0, 0.1) is 16.6 Å². The van der Waals surface area contributed by atoms with Crippen molar-refractivity contribution in [2.45, 2.75) is 52.5 Å². The third-order valence-electron chi connectivity index (χ3n) is 7.19. The molecule has 2 heterocycles. The summed E-state index contributed by atoms with van der Waals surface area (Å²) in [6, 6.07) is 8.14. The first-order valence-corrected chi connectivity index (χ1v) is 13.1. The first-order chi connectivity index (χ1) is 18.4. The van der Waals surface area contributed by atoms with Gasteiger partial charge >= 0.3 is 0 Å². The number of likely N-dealkylation sites (tertiary alicyclic amines) is 1. The predicted molar refractivity (Wildman–Crippen MR) is 152 cm³/mol. The summed E-state index contributed by atoms with van der Waals surface area (Å²) in [4.78, 5) is 31.6. The highest BCUT2D eigenvalue weighted by Gasteiger charge is 2.26. The van der Waals surface area contributed by atoms with Crippen molar-refractivity contribution in [2.75, 3.05) is 32.1 Å². The lowest BCUT2D eigenvalue weighted by Crippen LogP contribution is -2.47. The number of nitrogens with zero attached hydrogens (tertiary/aromatic N) is 2. The minimum atomic E-state index is -0.685. The van der Waals surface area contributed by atoms with Crippen molar-refractivity contribution >= 4 is 29.4 Å². The molecule has 1 fully saturated rings. The number of halogens is 1. The fraction of sp³-hybridized carbons (Fsp3) is 0.448. The van der Waals surface area contributed by atoms with Gasteiger partial charge in [0.15, 0.2) is 5.82 Å². The summed E-state index contributed by atoms with van der Waals surface area (Å²) >= 11 is 0. The molecule has 1 atom stereocenters. The summed E-state index contributed by atoms with van der Waals surface area (Å²) < 4.78 is 19.7. The van der Waals surface area contributed by atoms with E-state index >= 15 is 0 Å². The number of hydrogen-bond acceptors (Lipinski definition) is 7. The molecular formula is C29H39FN6O3. The van der Waals surface area contributed by atoms with Gasteiger partial charge in [-0.15, -0.1) is 0 Å². The lowest BCUT2D eigenvalue weighted by Gasteiger charge is -2.33. The van der Waals surface area contributed by atoms with Crippen LogP contribution in [-0.4, -0.2) is 60.7 Å². The van der Waals surface area contributed by atoms with Gasteiger partial charge in [0.1, 0.15) is 17.1 Å². The molecule has 0 saturated carbocycles. The van der Waals surface area contributed by atoms with Crippen LogP contribution in [0.4, 0.5) is 10.1 Å². The van der Waals surface area contributed by atoms with Crippen LogP contribution in [-0.2, 0) is 4.79 Å². The van der Waals surface area contributed by atoms with Gasteiger partial charge in [0.05, 0.1) is 25.0 Å². The number of carbonyl (C=O) groups is 2. The Morgan fingerprint density at radius 2 is 1.95 bits per heavy atom. The minimum Gasteiger partial charge on any atom is -0.495 e. The van der Waals surface area contributed by atoms with Gasteiger partial charge < -0.3 is 26.5 Å². The van der Waals surface area contributed by atoms with Gasteiger partial charge in [0.25, 0.3) is 5.91 Å². The Morgan fingerprint density at radius 1 is 1.26 bits per heavy atom. The van der Waals surface area contributed by atoms with Gasteiger partial charge in [-0.3, -0.25) is 14.5 Å². The molecule has 1 aliphatic rings. The van der Waals surface area contributed by atoms with Crippen LogP contribution in [0.3, 0.4) is 0 Å². The highest BCUT2D eigenvalue weighted by atomic mass is 19.1. The Morgan fingerprint density at radius 3 is 2.56 bits per heavy atom. The lowest BCUT2D eigenvalue weighted by atomic mass is 9.88. The van der Waals surface area contributed by atoms with E-state index in [1.807, 2.05) is 19.1 Å². The number of piperidine rings is 1. The van der Waals surface area contributed by atoms with E-state index in [1.54, 1.807) is 6.07 Å². The molecule has 1 aromatic heterocycles. The first-order valence-electron chi connectivity index (χ1n) is 13.1. The van der Waals surface area contributed by atoms with Crippen LogP contribution < -0.4 is 21.1 Å². The van der Waals surface area contributed by atoms with Gasteiger partial charge in [-0.25, -0.2) is 9.37 Å². The molecule has 2 amide bonds. The molecule has 9 nitrogen and oxygen atoms in total. The zero-order chi connectivity index (χ0) is 28.7. The molecule has 5 N–H and O–H groups in total. The molecule has 3 rings (SSSR count). The number of allylic oxidation sites excluding steroid dienone is 1. The molecule has 210 valence electrons. The third-order valence-corrected chi connectivity index (χ3v) is 7.19. The zero-order valence-electron chi connectivity index (χ0n) is 23.3. The fourth-order valence-electron chi connectivity index (χ4n) is 4.32. The van der Waals surface area contributed by atoms with Gasteiger partial charge in [-0.1, -0.05) is 26.8 Å². The number of carbonyl (C=O) groups excluding carboxylic acids is 2. The Balaban J connectivity index is 1.63. The van der Waals surface area contributed by atoms with Gasteiger partial charge in [0.2, 0.25) is 5.91 Å². The number of pyridine rings is 1. The van der Waals surface area contributed by atoms with E-state index in [0.29, 0.717) is 23.9 Å². The number of benzene rings is 1. The average Bonchev–Trinajstić information content (AvgIpc) is 2.89. The molecule has 1 aliphatic heterocycles. The molecule has 2 aromatic rings. The van der Waals surface area contributed by atoms with Crippen molar-refractivity contribution in [3.05, 3.63) is 59.2 Å². The van der Waals surface area contributed by atoms with E-state index in [4.69, 9.17) is 15.9 Å². The summed E-state index contributed by atoms with van der Waals surface area (Å²) in [6.07, 6.45) is 3.93. The quantitative estimate of drug-likeness (QED) is 0.354. The molecule has 10 heteroatoms. The Labute approximate surface area is 229 Å². The van der Waals surface area contributed by atoms with Crippen LogP contribution in [0.1, 0.15) is 68.2 Å². The highest BCUT2D eigenvalue weighted by Crippen LogP contribution is 2.34. The van der Waals surface area contributed by atoms with E-state index in [2.05, 4.69) is 41.3 Å². The van der Waals surface area contributed by atoms with Crippen molar-refractivity contribution in [3.63, 3.8) is 0 Å². The molecule has 0 aliphatic carbocycles. The maximum Gasteiger partial charge on any atom is 0.274 e. The number of rotatable bonds is 9. The third kappa shape index (κ3) is 7.86. The second-order valence-corrected chi connectivity index (χ2v) is 10.9. The smallest absolute Gasteiger partial charge is 0.274 e. The summed E-state index contributed by atoms with van der Waals surface area (Å²) in [5.74, 6) is -0.368. The Hall–Kier alpha value is -3.79. The maximum absolute atomic E-state index is 14.1. The Kier molecular flexibility index (Phi) is 9.80. The Bertz CT molecular complexity index is 1230. The maximum atomic E-state index is 14.1. The number of nitrogens with one attached hydrogen (secondary N) is 3. The molecule has 1 unspecified atom stereocenters. The molecule has 0 radical (unpaired) electrons. The summed E-state index contributed by atoms with van der Waals surface area (Å²) in [6.45, 7) is 10.4. The summed E-state index contributed by atoms with van der Waals surface area (Å²) in [7, 11) is 1.53. The van der Waals surface area contributed by atoms with Crippen LogP contribution in [0.15, 0.2) is 36.4 Å². The number of amides is 2. The van der Waals surface area contributed by atoms with Gasteiger partial charge in [-0.2, -0.15) is 0 Å². The molecular weight excluding hydrogens is 499 g/mol. The number of ether oxygens (including phenoxy) is 1. The van der Waals surface area contributed by atoms with Crippen LogP contribution in [0.25, 0.3) is 5.70 Å². The van der Waals surface area contributed by atoms with Crippen LogP contribution in [0.5, 0.6) is 5.75 Å². The molecule has 0 spiro atoms. The topological polar surface area (TPSA) is 133 Å². The fourth-order valence-corrected chi connectivity index (χ4v) is 4.32. The highest BCUT2D eigenvalue weighted by molar-refractivity contribution is 6.04. The first kappa shape index (κ1) is 29.8. The number of anilines is 1. The van der Waals surface area contributed by atoms with Crippen molar-refractivity contribution in [1.29, 1.82) is 5.41 Å². The predicted octanol–water partition coefficient (Wildman–Crippen LogP) is 4.16. The monoisotopic (exact) mass is 538 g/mol. The summed E-state index contributed by atoms with van der Waals surface area (Å²) in [5.41, 5.74) is 7.07. The van der Waals surface area contributed by atoms with E-state index in [1.165, 1.54) is 19.3 Å². The van der Waals surface area contributed by atoms with Crippen LogP contribution >= 0.6 is 0 Å². The summed E-state index contributed by atoms with van der Waals surface area (Å²) in [5, 5.41) is 13.0. The van der Waals surface area contributed by atoms with Gasteiger partial charge in [0, 0.05) is 12.3 Å². The van der Waals surface area contributed by atoms with Crippen molar-refractivity contribution in [3.8, 4) is 5.75 Å². The van der Waals surface area contributed by atoms with Crippen molar-refractivity contribution < 1.29 is 18.7 Å². The number of methoxy groups -OCH3 is 1. The average molecular weight is 539 g/mol. The SMILES string of the molecule is COc1cc(C2CCN(CC(=O)NC(C)C(C)(C)C)CC2)ccc1NC(=O)c1ccc(F)c(/C(N)=C/C=N)n1. The van der Waals surface area contributed by atoms with E-state index < -0.39 is 11.7 Å². The van der Waals surface area contributed by atoms with Crippen LogP contribution in [0.2, 0.25) is 0 Å². The zero-order valence-corrected chi connectivity index (χ0v) is 23.3. The number of nitrogens with two attached hydrogens (primary N) is 1. The van der Waals surface area contributed by atoms with E-state index in [0.717, 1.165) is 43.8 Å². The van der Waals surface area contributed by atoms with E-state index in [9.17, 15) is 14.0 Å². The van der Waals surface area contributed by atoms with Crippen molar-refractivity contribution in [1.82, 2.24) is 15.2 Å². The molecule has 39 heavy (non-hydrogen) atoms.